The zero-order chi connectivity index (χ0) is 32.8. The lowest BCUT2D eigenvalue weighted by Crippen LogP contribution is -2.67. The zero-order valence-electron chi connectivity index (χ0n) is 29.3. The number of hydrogen-bond acceptors (Lipinski definition) is 6. The largest absolute Gasteiger partial charge is 0.405 e. The molecule has 0 radical (unpaired) electrons. The summed E-state index contributed by atoms with van der Waals surface area (Å²) in [5.74, 6) is 0. The highest BCUT2D eigenvalue weighted by Gasteiger charge is 2.51. The van der Waals surface area contributed by atoms with Crippen LogP contribution < -0.4 is 10.4 Å². The van der Waals surface area contributed by atoms with Crippen molar-refractivity contribution >= 4 is 18.7 Å². The molecule has 2 saturated heterocycles. The molecule has 0 aromatic heterocycles. The smallest absolute Gasteiger partial charge is 0.261 e. The normalized spacial score (nSPS) is 23.5. The van der Waals surface area contributed by atoms with Gasteiger partial charge in [-0.3, -0.25) is 0 Å². The van der Waals surface area contributed by atoms with Gasteiger partial charge >= 0.3 is 0 Å². The first kappa shape index (κ1) is 37.2. The second kappa shape index (κ2) is 18.8. The van der Waals surface area contributed by atoms with Crippen LogP contribution in [0.5, 0.6) is 0 Å². The van der Waals surface area contributed by atoms with Crippen LogP contribution >= 0.6 is 0 Å². The molecule has 4 rings (SSSR count). The van der Waals surface area contributed by atoms with E-state index in [1.807, 2.05) is 0 Å². The Hall–Kier alpha value is -1.58. The molecule has 6 atom stereocenters. The van der Waals surface area contributed by atoms with Crippen LogP contribution in [0.15, 0.2) is 60.7 Å². The van der Waals surface area contributed by atoms with Crippen molar-refractivity contribution in [1.29, 1.82) is 0 Å². The highest BCUT2D eigenvalue weighted by Crippen LogP contribution is 2.38. The van der Waals surface area contributed by atoms with Crippen molar-refractivity contribution in [2.24, 2.45) is 0 Å². The van der Waals surface area contributed by atoms with Gasteiger partial charge < -0.3 is 28.5 Å². The number of unbranched alkanes of at least 4 members (excludes halogenated alkanes) is 7. The molecule has 7 heteroatoms. The third kappa shape index (κ3) is 9.97. The van der Waals surface area contributed by atoms with Gasteiger partial charge in [0.15, 0.2) is 0 Å². The predicted octanol–water partition coefficient (Wildman–Crippen LogP) is 7.54. The monoisotopic (exact) mass is 654 g/mol. The summed E-state index contributed by atoms with van der Waals surface area (Å²) < 4.78 is 32.0. The summed E-state index contributed by atoms with van der Waals surface area (Å²) in [7, 11) is -1.06. The predicted molar refractivity (Wildman–Crippen MR) is 189 cm³/mol. The second-order valence-corrected chi connectivity index (χ2v) is 18.8. The highest BCUT2D eigenvalue weighted by atomic mass is 28.4. The maximum atomic E-state index is 10.9. The van der Waals surface area contributed by atoms with Crippen LogP contribution in [0.4, 0.5) is 0 Å². The van der Waals surface area contributed by atoms with Gasteiger partial charge in [-0.05, 0) is 47.5 Å². The molecule has 2 heterocycles. The van der Waals surface area contributed by atoms with Gasteiger partial charge in [0.05, 0.1) is 37.1 Å². The molecule has 0 unspecified atom stereocenters. The van der Waals surface area contributed by atoms with Crippen LogP contribution in [-0.2, 0) is 23.4 Å². The number of hydrogen-bond donors (Lipinski definition) is 1. The SMILES string of the molecule is CCCCCCCCCC[C@@H](O)[C@H]1CC[C@H]([C@H]2CC[C@H]([C@H](CO[Si](c3ccccc3)(c3ccccc3)C(C)(C)C)OCOC)O2)O1. The third-order valence-electron chi connectivity index (χ3n) is 10.1. The summed E-state index contributed by atoms with van der Waals surface area (Å²) >= 11 is 0. The van der Waals surface area contributed by atoms with Gasteiger partial charge in [-0.2, -0.15) is 0 Å². The summed E-state index contributed by atoms with van der Waals surface area (Å²) in [4.78, 5) is 0. The van der Waals surface area contributed by atoms with Gasteiger partial charge in [0.2, 0.25) is 0 Å². The van der Waals surface area contributed by atoms with E-state index in [1.54, 1.807) is 7.11 Å². The highest BCUT2D eigenvalue weighted by molar-refractivity contribution is 6.99. The maximum absolute atomic E-state index is 10.9. The van der Waals surface area contributed by atoms with E-state index in [1.165, 1.54) is 55.3 Å². The van der Waals surface area contributed by atoms with Crippen LogP contribution in [0.2, 0.25) is 5.04 Å². The first-order valence-corrected chi connectivity index (χ1v) is 20.1. The molecule has 2 aliphatic rings. The summed E-state index contributed by atoms with van der Waals surface area (Å²) in [6.07, 6.45) is 13.8. The molecule has 0 spiro atoms. The number of methoxy groups -OCH3 is 1. The minimum absolute atomic E-state index is 0.00632. The fourth-order valence-electron chi connectivity index (χ4n) is 7.54. The van der Waals surface area contributed by atoms with Gasteiger partial charge in [0, 0.05) is 7.11 Å². The van der Waals surface area contributed by atoms with Crippen molar-refractivity contribution in [3.63, 3.8) is 0 Å². The number of ether oxygens (including phenoxy) is 4. The summed E-state index contributed by atoms with van der Waals surface area (Å²) in [6, 6.07) is 21.4. The van der Waals surface area contributed by atoms with E-state index in [-0.39, 0.29) is 48.5 Å². The Morgan fingerprint density at radius 3 is 1.83 bits per heavy atom. The quantitative estimate of drug-likeness (QED) is 0.0905. The Labute approximate surface area is 280 Å². The first-order chi connectivity index (χ1) is 22.3. The second-order valence-electron chi connectivity index (χ2n) is 14.5. The Morgan fingerprint density at radius 2 is 1.28 bits per heavy atom. The molecule has 2 fully saturated rings. The maximum Gasteiger partial charge on any atom is 0.261 e. The van der Waals surface area contributed by atoms with Crippen molar-refractivity contribution < 1.29 is 28.5 Å². The standard InChI is InChI=1S/C39H62O6Si/c1-6-7-8-9-10-11-12-19-24-33(40)34-25-26-35(44-34)36-27-28-37(45-36)38(42-30-41-5)29-43-46(39(2,3)4,31-20-15-13-16-21-31)32-22-17-14-18-23-32/h13-18,20-23,33-38,40H,6-12,19,24-30H2,1-5H3/t33-,34-,35-,36-,37-,38+/m1/s1. The van der Waals surface area contributed by atoms with Crippen LogP contribution in [0.3, 0.4) is 0 Å². The van der Waals surface area contributed by atoms with Crippen molar-refractivity contribution in [3.05, 3.63) is 60.7 Å². The summed E-state index contributed by atoms with van der Waals surface area (Å²) in [6.45, 7) is 9.75. The van der Waals surface area contributed by atoms with E-state index in [9.17, 15) is 5.11 Å². The molecular weight excluding hydrogens is 593 g/mol. The molecule has 2 aromatic carbocycles. The first-order valence-electron chi connectivity index (χ1n) is 18.1. The average Bonchev–Trinajstić information content (AvgIpc) is 3.75. The third-order valence-corrected chi connectivity index (χ3v) is 15.1. The van der Waals surface area contributed by atoms with E-state index < -0.39 is 8.32 Å². The Kier molecular flexibility index (Phi) is 15.2. The van der Waals surface area contributed by atoms with E-state index in [4.69, 9.17) is 23.4 Å². The summed E-state index contributed by atoms with van der Waals surface area (Å²) in [5, 5.41) is 13.3. The number of aliphatic hydroxyl groups excluding tert-OH is 1. The molecular formula is C39H62O6Si. The molecule has 0 aliphatic carbocycles. The van der Waals surface area contributed by atoms with Crippen LogP contribution in [0, 0.1) is 0 Å². The Bertz CT molecular complexity index is 1050. The van der Waals surface area contributed by atoms with Gasteiger partial charge in [-0.25, -0.2) is 0 Å². The van der Waals surface area contributed by atoms with Crippen LogP contribution in [0.1, 0.15) is 111 Å². The zero-order valence-corrected chi connectivity index (χ0v) is 30.3. The van der Waals surface area contributed by atoms with Crippen LogP contribution in [0.25, 0.3) is 0 Å². The minimum Gasteiger partial charge on any atom is -0.405 e. The van der Waals surface area contributed by atoms with E-state index >= 15 is 0 Å². The lowest BCUT2D eigenvalue weighted by molar-refractivity contribution is -0.152. The fourth-order valence-corrected chi connectivity index (χ4v) is 12.1. The van der Waals surface area contributed by atoms with E-state index in [0.717, 1.165) is 38.5 Å². The van der Waals surface area contributed by atoms with E-state index in [2.05, 4.69) is 88.4 Å². The number of aliphatic hydroxyl groups is 1. The van der Waals surface area contributed by atoms with Crippen molar-refractivity contribution in [3.8, 4) is 0 Å². The topological polar surface area (TPSA) is 66.4 Å². The van der Waals surface area contributed by atoms with Crippen LogP contribution in [-0.4, -0.2) is 70.6 Å². The van der Waals surface area contributed by atoms with Gasteiger partial charge in [-0.15, -0.1) is 0 Å². The number of benzene rings is 2. The van der Waals surface area contributed by atoms with Gasteiger partial charge in [0.25, 0.3) is 8.32 Å². The molecule has 6 nitrogen and oxygen atoms in total. The summed E-state index contributed by atoms with van der Waals surface area (Å²) in [5.41, 5.74) is 0. The van der Waals surface area contributed by atoms with Crippen molar-refractivity contribution in [2.45, 2.75) is 153 Å². The molecule has 0 amide bonds. The molecule has 0 saturated carbocycles. The van der Waals surface area contributed by atoms with Gasteiger partial charge in [0.1, 0.15) is 12.9 Å². The van der Waals surface area contributed by atoms with Gasteiger partial charge in [-0.1, -0.05) is 140 Å². The van der Waals surface area contributed by atoms with Crippen molar-refractivity contribution in [1.82, 2.24) is 0 Å². The molecule has 1 N–H and O–H groups in total. The Morgan fingerprint density at radius 1 is 0.761 bits per heavy atom. The molecule has 2 aromatic rings. The lowest BCUT2D eigenvalue weighted by atomic mass is 10.0. The Balaban J connectivity index is 1.35. The molecule has 46 heavy (non-hydrogen) atoms. The number of rotatable bonds is 20. The molecule has 2 aliphatic heterocycles. The van der Waals surface area contributed by atoms with E-state index in [0.29, 0.717) is 6.61 Å². The van der Waals surface area contributed by atoms with Crippen molar-refractivity contribution in [2.75, 3.05) is 20.5 Å². The lowest BCUT2D eigenvalue weighted by Gasteiger charge is -2.44. The fraction of sp³-hybridized carbons (Fsp3) is 0.692. The minimum atomic E-state index is -2.72. The molecule has 258 valence electrons. The average molecular weight is 655 g/mol. The molecule has 0 bridgehead atoms.